The Bertz CT molecular complexity index is 393. The number of nitrogens with zero attached hydrogens (tertiary/aromatic N) is 3. The van der Waals surface area contributed by atoms with Gasteiger partial charge in [0.05, 0.1) is 17.4 Å². The lowest BCUT2D eigenvalue weighted by Gasteiger charge is -2.21. The van der Waals surface area contributed by atoms with Crippen molar-refractivity contribution in [3.63, 3.8) is 0 Å². The largest absolute Gasteiger partial charge is 0.302 e. The molecule has 0 saturated carbocycles. The second kappa shape index (κ2) is 5.88. The summed E-state index contributed by atoms with van der Waals surface area (Å²) in [4.78, 5) is 2.61. The standard InChI is InChI=1S/C13H21N3S2/c1-2-3-7-17-13-12(14-18-15-13)11-9-16-6-4-5-10(11)8-16/h10-11H,2-9H2,1H3/t10-,11?/m1/s1. The molecule has 100 valence electrons. The van der Waals surface area contributed by atoms with Gasteiger partial charge in [-0.2, -0.15) is 8.75 Å². The minimum Gasteiger partial charge on any atom is -0.302 e. The van der Waals surface area contributed by atoms with Crippen LogP contribution in [0.2, 0.25) is 0 Å². The maximum atomic E-state index is 4.62. The highest BCUT2D eigenvalue weighted by Crippen LogP contribution is 2.41. The summed E-state index contributed by atoms with van der Waals surface area (Å²) in [5.41, 5.74) is 1.32. The molecule has 2 fully saturated rings. The quantitative estimate of drug-likeness (QED) is 0.613. The lowest BCUT2D eigenvalue weighted by molar-refractivity contribution is 0.269. The Hall–Kier alpha value is -0.130. The molecular formula is C13H21N3S2. The first-order valence-corrected chi connectivity index (χ1v) is 8.77. The van der Waals surface area contributed by atoms with Crippen LogP contribution >= 0.6 is 23.5 Å². The molecule has 1 aromatic rings. The summed E-state index contributed by atoms with van der Waals surface area (Å²) in [6.45, 7) is 6.05. The zero-order chi connectivity index (χ0) is 12.4. The molecule has 0 spiro atoms. The molecular weight excluding hydrogens is 262 g/mol. The van der Waals surface area contributed by atoms with Gasteiger partial charge >= 0.3 is 0 Å². The van der Waals surface area contributed by atoms with Crippen molar-refractivity contribution >= 4 is 23.5 Å². The van der Waals surface area contributed by atoms with Crippen molar-refractivity contribution in [3.8, 4) is 0 Å². The fourth-order valence-electron chi connectivity index (χ4n) is 3.15. The van der Waals surface area contributed by atoms with Crippen LogP contribution in [-0.4, -0.2) is 39.0 Å². The van der Waals surface area contributed by atoms with E-state index in [1.54, 1.807) is 0 Å². The van der Waals surface area contributed by atoms with Crippen LogP contribution in [0.1, 0.15) is 44.2 Å². The van der Waals surface area contributed by atoms with E-state index in [4.69, 9.17) is 0 Å². The van der Waals surface area contributed by atoms with Crippen LogP contribution in [-0.2, 0) is 0 Å². The molecule has 0 N–H and O–H groups in total. The Morgan fingerprint density at radius 2 is 2.33 bits per heavy atom. The average molecular weight is 283 g/mol. The van der Waals surface area contributed by atoms with Crippen molar-refractivity contribution in [2.24, 2.45) is 5.92 Å². The van der Waals surface area contributed by atoms with Gasteiger partial charge in [0.15, 0.2) is 0 Å². The summed E-state index contributed by atoms with van der Waals surface area (Å²) in [5, 5.41) is 1.23. The maximum absolute atomic E-state index is 4.62. The Balaban J connectivity index is 1.70. The van der Waals surface area contributed by atoms with Crippen molar-refractivity contribution in [1.29, 1.82) is 0 Å². The van der Waals surface area contributed by atoms with Gasteiger partial charge in [-0.3, -0.25) is 0 Å². The van der Waals surface area contributed by atoms with E-state index in [1.165, 1.54) is 73.5 Å². The summed E-state index contributed by atoms with van der Waals surface area (Å²) < 4.78 is 9.14. The van der Waals surface area contributed by atoms with Gasteiger partial charge in [-0.25, -0.2) is 0 Å². The molecule has 2 saturated heterocycles. The highest BCUT2D eigenvalue weighted by atomic mass is 32.2. The average Bonchev–Trinajstić information content (AvgIpc) is 2.95. The normalized spacial score (nSPS) is 30.8. The number of thioether (sulfide) groups is 1. The summed E-state index contributed by atoms with van der Waals surface area (Å²) in [7, 11) is 0. The van der Waals surface area contributed by atoms with E-state index >= 15 is 0 Å². The van der Waals surface area contributed by atoms with Crippen LogP contribution in [0.25, 0.3) is 0 Å². The van der Waals surface area contributed by atoms with E-state index in [0.717, 1.165) is 5.92 Å². The number of fused-ring (bicyclic) bond motifs is 2. The highest BCUT2D eigenvalue weighted by Gasteiger charge is 2.38. The molecule has 0 aromatic carbocycles. The second-order valence-electron chi connectivity index (χ2n) is 5.43. The van der Waals surface area contributed by atoms with Crippen LogP contribution in [0.3, 0.4) is 0 Å². The van der Waals surface area contributed by atoms with E-state index < -0.39 is 0 Å². The molecule has 2 aliphatic rings. The van der Waals surface area contributed by atoms with E-state index in [9.17, 15) is 0 Å². The molecule has 3 atom stereocenters. The first-order chi connectivity index (χ1) is 8.88. The molecule has 3 rings (SSSR count). The third kappa shape index (κ3) is 2.58. The van der Waals surface area contributed by atoms with Gasteiger partial charge in [0.25, 0.3) is 0 Å². The Morgan fingerprint density at radius 1 is 1.39 bits per heavy atom. The SMILES string of the molecule is CCCCSc1nsnc1C1CN2CCC[C@@H]1C2. The van der Waals surface area contributed by atoms with Crippen LogP contribution in [0.15, 0.2) is 5.03 Å². The second-order valence-corrected chi connectivity index (χ2v) is 7.04. The maximum Gasteiger partial charge on any atom is 0.134 e. The summed E-state index contributed by atoms with van der Waals surface area (Å²) >= 11 is 3.32. The predicted molar refractivity (Wildman–Crippen MR) is 77.4 cm³/mol. The van der Waals surface area contributed by atoms with Gasteiger partial charge in [0, 0.05) is 19.0 Å². The Labute approximate surface area is 118 Å². The number of hydrogen-bond acceptors (Lipinski definition) is 5. The van der Waals surface area contributed by atoms with Crippen LogP contribution in [0, 0.1) is 5.92 Å². The van der Waals surface area contributed by atoms with Crippen molar-refractivity contribution in [3.05, 3.63) is 5.69 Å². The van der Waals surface area contributed by atoms with Gasteiger partial charge in [0.2, 0.25) is 0 Å². The van der Waals surface area contributed by atoms with Gasteiger partial charge in [-0.1, -0.05) is 13.3 Å². The van der Waals surface area contributed by atoms with E-state index in [2.05, 4.69) is 20.6 Å². The monoisotopic (exact) mass is 283 g/mol. The highest BCUT2D eigenvalue weighted by molar-refractivity contribution is 7.99. The van der Waals surface area contributed by atoms with E-state index in [0.29, 0.717) is 5.92 Å². The molecule has 2 unspecified atom stereocenters. The minimum atomic E-state index is 0.662. The fraction of sp³-hybridized carbons (Fsp3) is 0.846. The fourth-order valence-corrected chi connectivity index (χ4v) is 5.01. The van der Waals surface area contributed by atoms with Crippen LogP contribution in [0.4, 0.5) is 0 Å². The topological polar surface area (TPSA) is 29.0 Å². The summed E-state index contributed by atoms with van der Waals surface area (Å²) in [6, 6.07) is 0. The number of rotatable bonds is 5. The minimum absolute atomic E-state index is 0.662. The molecule has 0 amide bonds. The van der Waals surface area contributed by atoms with Crippen molar-refractivity contribution in [1.82, 2.24) is 13.6 Å². The number of aromatic nitrogens is 2. The number of hydrogen-bond donors (Lipinski definition) is 0. The first kappa shape index (κ1) is 12.9. The lowest BCUT2D eigenvalue weighted by Crippen LogP contribution is -2.25. The molecule has 18 heavy (non-hydrogen) atoms. The van der Waals surface area contributed by atoms with Gasteiger partial charge in [-0.15, -0.1) is 11.8 Å². The zero-order valence-corrected chi connectivity index (χ0v) is 12.6. The summed E-state index contributed by atoms with van der Waals surface area (Å²) in [5.74, 6) is 2.69. The van der Waals surface area contributed by atoms with Crippen molar-refractivity contribution < 1.29 is 0 Å². The molecule has 3 heterocycles. The molecule has 2 bridgehead atoms. The molecule has 0 aliphatic carbocycles. The van der Waals surface area contributed by atoms with Crippen LogP contribution in [0.5, 0.6) is 0 Å². The predicted octanol–water partition coefficient (Wildman–Crippen LogP) is 3.24. The van der Waals surface area contributed by atoms with Crippen molar-refractivity contribution in [2.45, 2.75) is 43.6 Å². The van der Waals surface area contributed by atoms with Gasteiger partial charge in [-0.05, 0) is 37.5 Å². The molecule has 3 nitrogen and oxygen atoms in total. The van der Waals surface area contributed by atoms with Gasteiger partial charge < -0.3 is 4.90 Å². The smallest absolute Gasteiger partial charge is 0.134 e. The third-order valence-corrected chi connectivity index (χ3v) is 5.86. The Kier molecular flexibility index (Phi) is 4.21. The third-order valence-electron chi connectivity index (χ3n) is 4.14. The van der Waals surface area contributed by atoms with E-state index in [1.807, 2.05) is 11.8 Å². The lowest BCUT2D eigenvalue weighted by atomic mass is 9.89. The number of piperidine rings is 1. The Morgan fingerprint density at radius 3 is 3.17 bits per heavy atom. The van der Waals surface area contributed by atoms with E-state index in [-0.39, 0.29) is 0 Å². The summed E-state index contributed by atoms with van der Waals surface area (Å²) in [6.07, 6.45) is 5.30. The van der Waals surface area contributed by atoms with Crippen molar-refractivity contribution in [2.75, 3.05) is 25.4 Å². The van der Waals surface area contributed by atoms with Gasteiger partial charge in [0.1, 0.15) is 5.03 Å². The molecule has 5 heteroatoms. The molecule has 0 radical (unpaired) electrons. The number of unbranched alkanes of at least 4 members (excludes halogenated alkanes) is 1. The zero-order valence-electron chi connectivity index (χ0n) is 11.0. The molecule has 2 aliphatic heterocycles. The molecule has 1 aromatic heterocycles. The van der Waals surface area contributed by atoms with Crippen LogP contribution < -0.4 is 0 Å². The first-order valence-electron chi connectivity index (χ1n) is 7.06.